The number of benzene rings is 2. The van der Waals surface area contributed by atoms with Crippen LogP contribution in [-0.4, -0.2) is 45.3 Å². The van der Waals surface area contributed by atoms with Crippen molar-refractivity contribution in [3.05, 3.63) is 35.9 Å². The molecule has 2 aromatic carbocycles. The standard InChI is InChI=1S/C17H20O8S2/c1-11-8-14(24-4)15(25-5)10-16(11)26(18,19)27(20,21)17-9-12(22-2)6-7-13(17)23-3/h6-10H,1-5H3. The highest BCUT2D eigenvalue weighted by Gasteiger charge is 2.38. The lowest BCUT2D eigenvalue weighted by atomic mass is 10.2. The molecular formula is C17H20O8S2. The predicted octanol–water partition coefficient (Wildman–Crippen LogP) is 2.19. The van der Waals surface area contributed by atoms with Crippen LogP contribution in [0.25, 0.3) is 0 Å². The fourth-order valence-electron chi connectivity index (χ4n) is 2.45. The number of methoxy groups -OCH3 is 4. The Morgan fingerprint density at radius 3 is 1.67 bits per heavy atom. The summed E-state index contributed by atoms with van der Waals surface area (Å²) < 4.78 is 72.3. The summed E-state index contributed by atoms with van der Waals surface area (Å²) in [6.45, 7) is 1.47. The molecule has 0 radical (unpaired) electrons. The van der Waals surface area contributed by atoms with Crippen LogP contribution >= 0.6 is 0 Å². The highest BCUT2D eigenvalue weighted by Crippen LogP contribution is 2.38. The van der Waals surface area contributed by atoms with Gasteiger partial charge in [0.15, 0.2) is 11.5 Å². The minimum absolute atomic E-state index is 0.0921. The highest BCUT2D eigenvalue weighted by molar-refractivity contribution is 8.67. The monoisotopic (exact) mass is 416 g/mol. The first-order valence-corrected chi connectivity index (χ1v) is 11.1. The average molecular weight is 416 g/mol. The van der Waals surface area contributed by atoms with Crippen molar-refractivity contribution in [2.45, 2.75) is 16.7 Å². The zero-order valence-electron chi connectivity index (χ0n) is 15.5. The Morgan fingerprint density at radius 2 is 1.15 bits per heavy atom. The van der Waals surface area contributed by atoms with Crippen molar-refractivity contribution in [2.24, 2.45) is 0 Å². The molecule has 0 fully saturated rings. The van der Waals surface area contributed by atoms with Crippen molar-refractivity contribution in [2.75, 3.05) is 28.4 Å². The maximum Gasteiger partial charge on any atom is 0.290 e. The summed E-state index contributed by atoms with van der Waals surface area (Å²) >= 11 is 0. The maximum atomic E-state index is 13.0. The van der Waals surface area contributed by atoms with Gasteiger partial charge >= 0.3 is 0 Å². The molecule has 148 valence electrons. The van der Waals surface area contributed by atoms with Gasteiger partial charge in [0.05, 0.1) is 33.3 Å². The lowest BCUT2D eigenvalue weighted by Crippen LogP contribution is -2.18. The number of rotatable bonds is 7. The quantitative estimate of drug-likeness (QED) is 0.633. The van der Waals surface area contributed by atoms with E-state index >= 15 is 0 Å². The van der Waals surface area contributed by atoms with Crippen LogP contribution < -0.4 is 18.9 Å². The van der Waals surface area contributed by atoms with Crippen molar-refractivity contribution in [3.8, 4) is 23.0 Å². The molecule has 0 unspecified atom stereocenters. The van der Waals surface area contributed by atoms with Gasteiger partial charge < -0.3 is 18.9 Å². The van der Waals surface area contributed by atoms with Crippen LogP contribution in [0.1, 0.15) is 5.56 Å². The third-order valence-electron chi connectivity index (χ3n) is 3.88. The van der Waals surface area contributed by atoms with Crippen LogP contribution in [0.15, 0.2) is 40.1 Å². The van der Waals surface area contributed by atoms with Gasteiger partial charge in [-0.15, -0.1) is 0 Å². The van der Waals surface area contributed by atoms with E-state index in [9.17, 15) is 16.8 Å². The van der Waals surface area contributed by atoms with Crippen molar-refractivity contribution < 1.29 is 35.8 Å². The van der Waals surface area contributed by atoms with E-state index in [-0.39, 0.29) is 28.6 Å². The Bertz CT molecular complexity index is 1060. The van der Waals surface area contributed by atoms with Crippen LogP contribution in [0.5, 0.6) is 23.0 Å². The average Bonchev–Trinajstić information content (AvgIpc) is 2.66. The van der Waals surface area contributed by atoms with Gasteiger partial charge in [0.2, 0.25) is 0 Å². The molecule has 0 bridgehead atoms. The minimum Gasteiger partial charge on any atom is -0.497 e. The fourth-order valence-corrected chi connectivity index (χ4v) is 6.63. The Kier molecular flexibility index (Phi) is 5.91. The molecule has 0 amide bonds. The molecule has 0 saturated carbocycles. The van der Waals surface area contributed by atoms with Crippen LogP contribution in [0.3, 0.4) is 0 Å². The van der Waals surface area contributed by atoms with Crippen molar-refractivity contribution >= 4 is 17.7 Å². The van der Waals surface area contributed by atoms with E-state index in [1.807, 2.05) is 0 Å². The van der Waals surface area contributed by atoms with Crippen LogP contribution in [0.4, 0.5) is 0 Å². The molecule has 10 heteroatoms. The number of ether oxygens (including phenoxy) is 4. The Hall–Kier alpha value is -2.46. The van der Waals surface area contributed by atoms with Crippen LogP contribution in [0, 0.1) is 6.92 Å². The zero-order chi connectivity index (χ0) is 20.4. The topological polar surface area (TPSA) is 105 Å². The molecule has 27 heavy (non-hydrogen) atoms. The first kappa shape index (κ1) is 20.8. The van der Waals surface area contributed by atoms with Crippen LogP contribution in [-0.2, 0) is 17.7 Å². The fraction of sp³-hybridized carbons (Fsp3) is 0.294. The summed E-state index contributed by atoms with van der Waals surface area (Å²) in [6.07, 6.45) is 0. The predicted molar refractivity (Wildman–Crippen MR) is 98.2 cm³/mol. The van der Waals surface area contributed by atoms with Crippen LogP contribution in [0.2, 0.25) is 0 Å². The summed E-state index contributed by atoms with van der Waals surface area (Å²) in [4.78, 5) is -0.927. The van der Waals surface area contributed by atoms with E-state index in [1.54, 1.807) is 0 Å². The third kappa shape index (κ3) is 3.54. The highest BCUT2D eigenvalue weighted by atomic mass is 33.2. The molecule has 0 atom stereocenters. The molecule has 2 rings (SSSR count). The third-order valence-corrected chi connectivity index (χ3v) is 9.10. The summed E-state index contributed by atoms with van der Waals surface area (Å²) in [5.41, 5.74) is 0.193. The number of hydrogen-bond donors (Lipinski definition) is 0. The molecular weight excluding hydrogens is 396 g/mol. The van der Waals surface area contributed by atoms with E-state index in [0.29, 0.717) is 0 Å². The Labute approximate surface area is 157 Å². The molecule has 2 aromatic rings. The van der Waals surface area contributed by atoms with Gasteiger partial charge in [-0.25, -0.2) is 16.8 Å². The minimum atomic E-state index is -4.86. The molecule has 8 nitrogen and oxygen atoms in total. The maximum absolute atomic E-state index is 13.0. The van der Waals surface area contributed by atoms with Gasteiger partial charge in [-0.05, 0) is 30.7 Å². The second kappa shape index (κ2) is 7.65. The lowest BCUT2D eigenvalue weighted by molar-refractivity contribution is 0.353. The number of hydrogen-bond acceptors (Lipinski definition) is 8. The molecule has 0 aromatic heterocycles. The van der Waals surface area contributed by atoms with Gasteiger partial charge in [0, 0.05) is 12.1 Å². The molecule has 0 heterocycles. The summed E-state index contributed by atoms with van der Waals surface area (Å²) in [5, 5.41) is 0. The molecule has 0 aliphatic carbocycles. The molecule has 0 saturated heterocycles. The molecule has 0 aliphatic heterocycles. The second-order valence-corrected chi connectivity index (χ2v) is 10.7. The van der Waals surface area contributed by atoms with E-state index in [2.05, 4.69) is 0 Å². The smallest absolute Gasteiger partial charge is 0.290 e. The van der Waals surface area contributed by atoms with Crippen molar-refractivity contribution in [3.63, 3.8) is 0 Å². The Morgan fingerprint density at radius 1 is 0.630 bits per heavy atom. The van der Waals surface area contributed by atoms with Crippen molar-refractivity contribution in [1.82, 2.24) is 0 Å². The van der Waals surface area contributed by atoms with E-state index in [4.69, 9.17) is 18.9 Å². The van der Waals surface area contributed by atoms with Gasteiger partial charge in [0.1, 0.15) is 16.4 Å². The zero-order valence-corrected chi connectivity index (χ0v) is 17.1. The van der Waals surface area contributed by atoms with Crippen molar-refractivity contribution in [1.29, 1.82) is 0 Å². The second-order valence-electron chi connectivity index (χ2n) is 5.40. The first-order chi connectivity index (χ1) is 12.6. The van der Waals surface area contributed by atoms with E-state index < -0.39 is 27.5 Å². The SMILES string of the molecule is COc1ccc(OC)c(S(=O)(=O)S(=O)(=O)c2cc(OC)c(OC)cc2C)c1. The van der Waals surface area contributed by atoms with Gasteiger partial charge in [-0.1, -0.05) is 0 Å². The molecule has 0 N–H and O–H groups in total. The molecule has 0 spiro atoms. The first-order valence-electron chi connectivity index (χ1n) is 7.58. The van der Waals surface area contributed by atoms with Gasteiger partial charge in [-0.2, -0.15) is 0 Å². The summed E-state index contributed by atoms with van der Waals surface area (Å²) in [7, 11) is -4.40. The Balaban J connectivity index is 2.77. The van der Waals surface area contributed by atoms with E-state index in [0.717, 1.165) is 12.1 Å². The van der Waals surface area contributed by atoms with Gasteiger partial charge in [-0.3, -0.25) is 0 Å². The number of aryl methyl sites for hydroxylation is 1. The largest absolute Gasteiger partial charge is 0.497 e. The normalized spacial score (nSPS) is 11.7. The van der Waals surface area contributed by atoms with E-state index in [1.165, 1.54) is 53.6 Å². The lowest BCUT2D eigenvalue weighted by Gasteiger charge is -2.15. The summed E-state index contributed by atoms with van der Waals surface area (Å²) in [5.74, 6) is 0.436. The van der Waals surface area contributed by atoms with Gasteiger partial charge in [0.25, 0.3) is 17.7 Å². The summed E-state index contributed by atoms with van der Waals surface area (Å²) in [6, 6.07) is 6.40. The molecule has 0 aliphatic rings.